The number of carbonyl (C=O) groups is 2. The van der Waals surface area contributed by atoms with E-state index in [9.17, 15) is 14.0 Å². The average Bonchev–Trinajstić information content (AvgIpc) is 3.21. The van der Waals surface area contributed by atoms with Crippen LogP contribution in [-0.2, 0) is 9.53 Å². The van der Waals surface area contributed by atoms with E-state index >= 15 is 0 Å². The summed E-state index contributed by atoms with van der Waals surface area (Å²) in [6.07, 6.45) is 2.73. The lowest BCUT2D eigenvalue weighted by Crippen LogP contribution is -2.46. The van der Waals surface area contributed by atoms with Gasteiger partial charge in [0.1, 0.15) is 10.6 Å². The molecule has 1 aliphatic heterocycles. The number of hydrogen-bond donors (Lipinski definition) is 1. The van der Waals surface area contributed by atoms with E-state index in [1.54, 1.807) is 0 Å². The van der Waals surface area contributed by atoms with E-state index < -0.39 is 23.9 Å². The highest BCUT2D eigenvalue weighted by atomic mass is 79.9. The number of ether oxygens (including phenoxy) is 1. The summed E-state index contributed by atoms with van der Waals surface area (Å²) < 4.78 is 19.4. The molecule has 0 aromatic carbocycles. The Morgan fingerprint density at radius 3 is 3.00 bits per heavy atom. The molecule has 24 heavy (non-hydrogen) atoms. The Morgan fingerprint density at radius 2 is 2.25 bits per heavy atom. The number of pyridine rings is 1. The van der Waals surface area contributed by atoms with E-state index in [0.717, 1.165) is 19.3 Å². The molecule has 1 aromatic heterocycles. The van der Waals surface area contributed by atoms with Crippen LogP contribution < -0.4 is 5.32 Å². The number of hydrogen-bond acceptors (Lipinski definition) is 4. The Balaban J connectivity index is 1.67. The van der Waals surface area contributed by atoms with Crippen molar-refractivity contribution < 1.29 is 18.7 Å². The first-order chi connectivity index (χ1) is 11.5. The fourth-order valence-electron chi connectivity index (χ4n) is 3.04. The zero-order valence-electron chi connectivity index (χ0n) is 13.3. The Labute approximate surface area is 147 Å². The van der Waals surface area contributed by atoms with Gasteiger partial charge in [0.15, 0.2) is 11.6 Å². The number of likely N-dealkylation sites (tertiary alicyclic amines) is 1. The molecule has 6 nitrogen and oxygen atoms in total. The van der Waals surface area contributed by atoms with Gasteiger partial charge in [-0.15, -0.1) is 0 Å². The first kappa shape index (κ1) is 17.1. The second-order valence-electron chi connectivity index (χ2n) is 6.14. The van der Waals surface area contributed by atoms with Crippen LogP contribution in [0.1, 0.15) is 32.6 Å². The number of aromatic nitrogens is 1. The van der Waals surface area contributed by atoms with Gasteiger partial charge >= 0.3 is 6.09 Å². The number of rotatable bonds is 5. The predicted molar refractivity (Wildman–Crippen MR) is 88.9 cm³/mol. The summed E-state index contributed by atoms with van der Waals surface area (Å²) in [5, 5.41) is 2.48. The number of amides is 2. The molecule has 0 bridgehead atoms. The summed E-state index contributed by atoms with van der Waals surface area (Å²) in [7, 11) is 0. The van der Waals surface area contributed by atoms with Gasteiger partial charge in [0.2, 0.25) is 5.91 Å². The molecule has 3 atom stereocenters. The van der Waals surface area contributed by atoms with Crippen LogP contribution in [0.3, 0.4) is 0 Å². The molecule has 1 saturated carbocycles. The van der Waals surface area contributed by atoms with Crippen LogP contribution in [0.25, 0.3) is 0 Å². The molecule has 2 aliphatic rings. The van der Waals surface area contributed by atoms with Crippen LogP contribution in [0, 0.1) is 11.7 Å². The zero-order chi connectivity index (χ0) is 17.3. The van der Waals surface area contributed by atoms with Crippen molar-refractivity contribution in [3.8, 4) is 0 Å². The monoisotopic (exact) mass is 399 g/mol. The van der Waals surface area contributed by atoms with Crippen LogP contribution in [-0.4, -0.2) is 40.6 Å². The maximum atomic E-state index is 13.8. The molecular formula is C16H19BrFN3O3. The lowest BCUT2D eigenvalue weighted by atomic mass is 10.1. The number of nitrogens with zero attached hydrogens (tertiary/aromatic N) is 2. The third-order valence-corrected chi connectivity index (χ3v) is 4.84. The Hall–Kier alpha value is -1.70. The van der Waals surface area contributed by atoms with Crippen LogP contribution >= 0.6 is 15.9 Å². The molecule has 1 aromatic rings. The highest BCUT2D eigenvalue weighted by molar-refractivity contribution is 9.10. The first-order valence-corrected chi connectivity index (χ1v) is 8.88. The quantitative estimate of drug-likeness (QED) is 0.608. The molecule has 0 radical (unpaired) electrons. The molecule has 1 saturated heterocycles. The normalized spacial score (nSPS) is 24.5. The molecule has 2 amide bonds. The molecule has 0 spiro atoms. The predicted octanol–water partition coefficient (Wildman–Crippen LogP) is 3.32. The van der Waals surface area contributed by atoms with Crippen molar-refractivity contribution in [3.63, 3.8) is 0 Å². The van der Waals surface area contributed by atoms with E-state index in [4.69, 9.17) is 4.74 Å². The minimum atomic E-state index is -0.636. The number of fused-ring (bicyclic) bond motifs is 1. The van der Waals surface area contributed by atoms with Gasteiger partial charge in [-0.2, -0.15) is 0 Å². The lowest BCUT2D eigenvalue weighted by molar-refractivity contribution is -0.120. The van der Waals surface area contributed by atoms with Gasteiger partial charge in [-0.25, -0.2) is 14.2 Å². The Morgan fingerprint density at radius 1 is 1.46 bits per heavy atom. The minimum Gasteiger partial charge on any atom is -0.449 e. The number of piperidine rings is 1. The van der Waals surface area contributed by atoms with Crippen molar-refractivity contribution in [2.75, 3.05) is 11.9 Å². The SMILES string of the molecule is CCCCOC(=O)N1C(C(=O)Nc2nc(Br)ccc2F)CC2CC21. The van der Waals surface area contributed by atoms with E-state index in [0.29, 0.717) is 23.5 Å². The van der Waals surface area contributed by atoms with Gasteiger partial charge in [0, 0.05) is 6.04 Å². The van der Waals surface area contributed by atoms with Gasteiger partial charge in [0.05, 0.1) is 6.61 Å². The van der Waals surface area contributed by atoms with Crippen LogP contribution in [0.5, 0.6) is 0 Å². The molecule has 2 heterocycles. The molecule has 2 fully saturated rings. The summed E-state index contributed by atoms with van der Waals surface area (Å²) in [6.45, 7) is 2.36. The summed E-state index contributed by atoms with van der Waals surface area (Å²) >= 11 is 3.14. The second kappa shape index (κ2) is 7.04. The molecule has 130 valence electrons. The van der Waals surface area contributed by atoms with Crippen molar-refractivity contribution in [1.82, 2.24) is 9.88 Å². The maximum absolute atomic E-state index is 13.8. The second-order valence-corrected chi connectivity index (χ2v) is 6.96. The number of anilines is 1. The topological polar surface area (TPSA) is 71.5 Å². The number of nitrogens with one attached hydrogen (secondary N) is 1. The van der Waals surface area contributed by atoms with Crippen LogP contribution in [0.15, 0.2) is 16.7 Å². The smallest absolute Gasteiger partial charge is 0.410 e. The molecule has 3 rings (SSSR count). The van der Waals surface area contributed by atoms with Crippen molar-refractivity contribution in [3.05, 3.63) is 22.6 Å². The third kappa shape index (κ3) is 3.53. The van der Waals surface area contributed by atoms with E-state index in [1.165, 1.54) is 17.0 Å². The molecule has 1 aliphatic carbocycles. The van der Waals surface area contributed by atoms with E-state index in [-0.39, 0.29) is 11.9 Å². The number of unbranched alkanes of at least 4 members (excludes halogenated alkanes) is 1. The zero-order valence-corrected chi connectivity index (χ0v) is 14.9. The fourth-order valence-corrected chi connectivity index (χ4v) is 3.35. The summed E-state index contributed by atoms with van der Waals surface area (Å²) in [6, 6.07) is 2.10. The van der Waals surface area contributed by atoms with Gasteiger partial charge in [-0.1, -0.05) is 13.3 Å². The van der Waals surface area contributed by atoms with E-state index in [2.05, 4.69) is 26.2 Å². The average molecular weight is 400 g/mol. The van der Waals surface area contributed by atoms with Crippen LogP contribution in [0.4, 0.5) is 15.0 Å². The van der Waals surface area contributed by atoms with Gasteiger partial charge in [-0.3, -0.25) is 9.69 Å². The maximum Gasteiger partial charge on any atom is 0.410 e. The number of carbonyl (C=O) groups excluding carboxylic acids is 2. The highest BCUT2D eigenvalue weighted by Crippen LogP contribution is 2.48. The summed E-state index contributed by atoms with van der Waals surface area (Å²) in [5.41, 5.74) is 0. The van der Waals surface area contributed by atoms with Gasteiger partial charge in [0.25, 0.3) is 0 Å². The van der Waals surface area contributed by atoms with Crippen molar-refractivity contribution in [1.29, 1.82) is 0 Å². The van der Waals surface area contributed by atoms with Gasteiger partial charge < -0.3 is 10.1 Å². The first-order valence-electron chi connectivity index (χ1n) is 8.09. The third-order valence-electron chi connectivity index (χ3n) is 4.39. The Kier molecular flexibility index (Phi) is 5.03. The standard InChI is InChI=1S/C16H19BrFN3O3/c1-2-3-6-24-16(23)21-11-7-9(11)8-12(21)15(22)20-14-10(18)4-5-13(17)19-14/h4-5,9,11-12H,2-3,6-8H2,1H3,(H,19,20,22). The van der Waals surface area contributed by atoms with Crippen molar-refractivity contribution in [2.45, 2.75) is 44.7 Å². The van der Waals surface area contributed by atoms with Gasteiger partial charge in [-0.05, 0) is 53.2 Å². The van der Waals surface area contributed by atoms with Crippen molar-refractivity contribution in [2.24, 2.45) is 5.92 Å². The number of halogens is 2. The fraction of sp³-hybridized carbons (Fsp3) is 0.562. The molecule has 3 unspecified atom stereocenters. The molecular weight excluding hydrogens is 381 g/mol. The summed E-state index contributed by atoms with van der Waals surface area (Å²) in [5.74, 6) is -0.861. The largest absolute Gasteiger partial charge is 0.449 e. The molecule has 1 N–H and O–H groups in total. The Bertz CT molecular complexity index is 657. The minimum absolute atomic E-state index is 0.0650. The van der Waals surface area contributed by atoms with Crippen LogP contribution in [0.2, 0.25) is 0 Å². The molecule has 8 heteroatoms. The highest BCUT2D eigenvalue weighted by Gasteiger charge is 2.56. The lowest BCUT2D eigenvalue weighted by Gasteiger charge is -2.26. The van der Waals surface area contributed by atoms with Crippen molar-refractivity contribution >= 4 is 33.7 Å². The summed E-state index contributed by atoms with van der Waals surface area (Å²) in [4.78, 5) is 30.2. The van der Waals surface area contributed by atoms with E-state index in [1.807, 2.05) is 6.92 Å².